The number of nitrogens with zero attached hydrogens (tertiary/aromatic N) is 3. The Balaban J connectivity index is 1.20. The average Bonchev–Trinajstić information content (AvgIpc) is 3.74. The van der Waals surface area contributed by atoms with Crippen molar-refractivity contribution in [1.29, 1.82) is 0 Å². The van der Waals surface area contributed by atoms with E-state index in [0.29, 0.717) is 6.67 Å². The molecule has 252 valence electrons. The highest BCUT2D eigenvalue weighted by atomic mass is 15.1. The van der Waals surface area contributed by atoms with Gasteiger partial charge in [0.05, 0.1) is 27.8 Å². The lowest BCUT2D eigenvalue weighted by Gasteiger charge is -2.15. The van der Waals surface area contributed by atoms with Crippen LogP contribution in [0, 0.1) is 0 Å². The van der Waals surface area contributed by atoms with Gasteiger partial charge in [0, 0.05) is 56.5 Å². The summed E-state index contributed by atoms with van der Waals surface area (Å²) in [4.78, 5) is 5.43. The van der Waals surface area contributed by atoms with E-state index in [1.54, 1.807) is 0 Å². The van der Waals surface area contributed by atoms with E-state index >= 15 is 0 Å². The van der Waals surface area contributed by atoms with Gasteiger partial charge >= 0.3 is 0 Å². The Bertz CT molecular complexity index is 3000. The topological polar surface area (TPSA) is 34.2 Å². The molecule has 0 spiro atoms. The Morgan fingerprint density at radius 3 is 1.89 bits per heavy atom. The van der Waals surface area contributed by atoms with Crippen LogP contribution in [-0.2, 0) is 6.67 Å². The Hall–Kier alpha value is -6.91. The largest absolute Gasteiger partial charge is 0.388 e. The van der Waals surface area contributed by atoms with Crippen LogP contribution in [0.2, 0.25) is 0 Å². The van der Waals surface area contributed by atoms with Gasteiger partial charge in [0.25, 0.3) is 0 Å². The van der Waals surface area contributed by atoms with E-state index in [2.05, 4.69) is 196 Å². The highest BCUT2D eigenvalue weighted by Gasteiger charge is 2.19. The Morgan fingerprint density at radius 2 is 1.11 bits per heavy atom. The normalized spacial score (nSPS) is 12.1. The number of anilines is 1. The highest BCUT2D eigenvalue weighted by molar-refractivity contribution is 6.22. The summed E-state index contributed by atoms with van der Waals surface area (Å²) in [7, 11) is 1.97. The first kappa shape index (κ1) is 30.9. The van der Waals surface area contributed by atoms with Gasteiger partial charge < -0.3 is 14.5 Å². The van der Waals surface area contributed by atoms with Gasteiger partial charge in [-0.15, -0.1) is 0 Å². The van der Waals surface area contributed by atoms with Crippen molar-refractivity contribution in [1.82, 2.24) is 9.13 Å². The predicted octanol–water partition coefficient (Wildman–Crippen LogP) is 12.2. The predicted molar refractivity (Wildman–Crippen MR) is 225 cm³/mol. The fourth-order valence-corrected chi connectivity index (χ4v) is 8.27. The fraction of sp³-hybridized carbons (Fsp3) is 0.0408. The zero-order chi connectivity index (χ0) is 35.3. The molecule has 10 aromatic rings. The third-order valence-electron chi connectivity index (χ3n) is 10.6. The molecular weight excluding hydrogens is 645 g/mol. The summed E-state index contributed by atoms with van der Waals surface area (Å²) < 4.78 is 4.78. The van der Waals surface area contributed by atoms with Crippen LogP contribution in [0.5, 0.6) is 0 Å². The quantitative estimate of drug-likeness (QED) is 0.167. The molecule has 0 aliphatic rings. The van der Waals surface area contributed by atoms with Crippen molar-refractivity contribution in [2.45, 2.75) is 6.67 Å². The second kappa shape index (κ2) is 12.7. The van der Waals surface area contributed by atoms with Crippen molar-refractivity contribution < 1.29 is 0 Å². The summed E-state index contributed by atoms with van der Waals surface area (Å²) in [6, 6.07) is 65.3. The van der Waals surface area contributed by atoms with Crippen molar-refractivity contribution in [2.75, 3.05) is 12.4 Å². The van der Waals surface area contributed by atoms with E-state index in [1.807, 2.05) is 7.05 Å². The summed E-state index contributed by atoms with van der Waals surface area (Å²) in [5.41, 5.74) is 12.6. The molecule has 0 atom stereocenters. The Kier molecular flexibility index (Phi) is 7.40. The monoisotopic (exact) mass is 680 g/mol. The molecule has 0 unspecified atom stereocenters. The SMILES string of the molecule is CNc1ccccc1C(=NCn1c2ccccc2c2cc(-c3ccc4c(c3)c3ccccc3n4-c3ccccc3)c3ccccc3c21)c1ccccc1. The van der Waals surface area contributed by atoms with Crippen LogP contribution in [0.4, 0.5) is 5.69 Å². The molecule has 0 aliphatic heterocycles. The van der Waals surface area contributed by atoms with Gasteiger partial charge in [-0.3, -0.25) is 4.99 Å². The van der Waals surface area contributed by atoms with Crippen LogP contribution in [0.1, 0.15) is 11.1 Å². The number of aromatic nitrogens is 2. The molecule has 0 saturated carbocycles. The number of para-hydroxylation sites is 4. The molecule has 0 bridgehead atoms. The van der Waals surface area contributed by atoms with Gasteiger partial charge in [0.15, 0.2) is 0 Å². The Labute approximate surface area is 307 Å². The van der Waals surface area contributed by atoms with Gasteiger partial charge in [-0.05, 0) is 65.0 Å². The van der Waals surface area contributed by atoms with Crippen molar-refractivity contribution in [3.05, 3.63) is 193 Å². The van der Waals surface area contributed by atoms with Gasteiger partial charge in [-0.1, -0.05) is 133 Å². The molecular formula is C49H36N4. The third-order valence-corrected chi connectivity index (χ3v) is 10.6. The van der Waals surface area contributed by atoms with E-state index < -0.39 is 0 Å². The standard InChI is InChI=1S/C49H36N4/c1-50-44-25-13-10-24-40(44)48(33-16-4-2-5-17-33)51-32-52-45-26-14-11-22-38(45)43-31-41(36-20-8-9-23-39(36)49(43)52)34-28-29-47-42(30-34)37-21-12-15-27-46(37)53(47)35-18-6-3-7-19-35/h2-31,50H,32H2,1H3. The van der Waals surface area contributed by atoms with Crippen molar-refractivity contribution in [3.63, 3.8) is 0 Å². The summed E-state index contributed by atoms with van der Waals surface area (Å²) in [6.07, 6.45) is 0. The number of aliphatic imine (C=N–C) groups is 1. The maximum Gasteiger partial charge on any atom is 0.115 e. The van der Waals surface area contributed by atoms with Gasteiger partial charge in [-0.25, -0.2) is 0 Å². The molecule has 2 aromatic heterocycles. The number of fused-ring (bicyclic) bond motifs is 8. The molecule has 0 aliphatic carbocycles. The third kappa shape index (κ3) is 5.02. The molecule has 2 heterocycles. The van der Waals surface area contributed by atoms with Crippen LogP contribution in [0.15, 0.2) is 187 Å². The van der Waals surface area contributed by atoms with Crippen LogP contribution in [0.25, 0.3) is 71.2 Å². The van der Waals surface area contributed by atoms with Crippen molar-refractivity contribution >= 4 is 65.8 Å². The van der Waals surface area contributed by atoms with E-state index in [1.165, 1.54) is 71.2 Å². The van der Waals surface area contributed by atoms with Crippen molar-refractivity contribution in [2.24, 2.45) is 4.99 Å². The van der Waals surface area contributed by atoms with Gasteiger partial charge in [0.2, 0.25) is 0 Å². The fourth-order valence-electron chi connectivity index (χ4n) is 8.27. The number of nitrogens with one attached hydrogen (secondary N) is 1. The van der Waals surface area contributed by atoms with E-state index in [4.69, 9.17) is 4.99 Å². The molecule has 53 heavy (non-hydrogen) atoms. The smallest absolute Gasteiger partial charge is 0.115 e. The lowest BCUT2D eigenvalue weighted by molar-refractivity contribution is 0.795. The van der Waals surface area contributed by atoms with Crippen LogP contribution in [0.3, 0.4) is 0 Å². The van der Waals surface area contributed by atoms with E-state index in [9.17, 15) is 0 Å². The first-order valence-electron chi connectivity index (χ1n) is 18.2. The van der Waals surface area contributed by atoms with Crippen LogP contribution < -0.4 is 5.32 Å². The summed E-state index contributed by atoms with van der Waals surface area (Å²) >= 11 is 0. The summed E-state index contributed by atoms with van der Waals surface area (Å²) in [6.45, 7) is 0.473. The molecule has 1 N–H and O–H groups in total. The molecule has 8 aromatic carbocycles. The zero-order valence-electron chi connectivity index (χ0n) is 29.4. The van der Waals surface area contributed by atoms with Crippen molar-refractivity contribution in [3.8, 4) is 16.8 Å². The van der Waals surface area contributed by atoms with E-state index in [0.717, 1.165) is 22.5 Å². The molecule has 4 heteroatoms. The minimum atomic E-state index is 0.473. The molecule has 0 radical (unpaired) electrons. The van der Waals surface area contributed by atoms with Crippen LogP contribution in [-0.4, -0.2) is 21.9 Å². The lowest BCUT2D eigenvalue weighted by Crippen LogP contribution is -2.09. The zero-order valence-corrected chi connectivity index (χ0v) is 29.4. The van der Waals surface area contributed by atoms with Gasteiger partial charge in [0.1, 0.15) is 6.67 Å². The molecule has 0 fully saturated rings. The van der Waals surface area contributed by atoms with Gasteiger partial charge in [-0.2, -0.15) is 0 Å². The number of rotatable bonds is 7. The first-order valence-corrected chi connectivity index (χ1v) is 18.2. The second-order valence-corrected chi connectivity index (χ2v) is 13.5. The molecule has 4 nitrogen and oxygen atoms in total. The maximum absolute atomic E-state index is 5.43. The number of benzene rings is 8. The second-order valence-electron chi connectivity index (χ2n) is 13.5. The van der Waals surface area contributed by atoms with E-state index in [-0.39, 0.29) is 0 Å². The molecule has 10 rings (SSSR count). The molecule has 0 saturated heterocycles. The summed E-state index contributed by atoms with van der Waals surface area (Å²) in [5, 5.41) is 10.8. The Morgan fingerprint density at radius 1 is 0.509 bits per heavy atom. The maximum atomic E-state index is 5.43. The summed E-state index contributed by atoms with van der Waals surface area (Å²) in [5.74, 6) is 0. The number of hydrogen-bond acceptors (Lipinski definition) is 2. The minimum absolute atomic E-state index is 0.473. The highest BCUT2D eigenvalue weighted by Crippen LogP contribution is 2.42. The first-order chi connectivity index (χ1) is 26.3. The number of hydrogen-bond donors (Lipinski definition) is 1. The molecule has 0 amide bonds. The average molecular weight is 681 g/mol. The van der Waals surface area contributed by atoms with Crippen LogP contribution >= 0.6 is 0 Å². The lowest BCUT2D eigenvalue weighted by atomic mass is 9.94. The minimum Gasteiger partial charge on any atom is -0.388 e.